The highest BCUT2D eigenvalue weighted by Gasteiger charge is 2.28. The fraction of sp³-hybridized carbons (Fsp3) is 0.259. The van der Waals surface area contributed by atoms with Crippen LogP contribution in [0.2, 0.25) is 0 Å². The van der Waals surface area contributed by atoms with E-state index in [2.05, 4.69) is 12.2 Å². The lowest BCUT2D eigenvalue weighted by molar-refractivity contribution is 0.100. The second-order valence-corrected chi connectivity index (χ2v) is 10.6. The Morgan fingerprint density at radius 1 is 0.853 bits per heavy atom. The summed E-state index contributed by atoms with van der Waals surface area (Å²) in [5.74, 6) is 0.191. The van der Waals surface area contributed by atoms with Crippen molar-refractivity contribution in [1.29, 1.82) is 0 Å². The van der Waals surface area contributed by atoms with Crippen molar-refractivity contribution in [2.45, 2.75) is 24.7 Å². The number of hydrogen-bond donors (Lipinski definition) is 1. The number of hydrogen-bond acceptors (Lipinski definition) is 5. The van der Waals surface area contributed by atoms with Gasteiger partial charge in [-0.3, -0.25) is 9.59 Å². The van der Waals surface area contributed by atoms with E-state index in [0.29, 0.717) is 41.4 Å². The van der Waals surface area contributed by atoms with Gasteiger partial charge in [-0.15, -0.1) is 0 Å². The lowest BCUT2D eigenvalue weighted by atomic mass is 10.0. The Morgan fingerprint density at radius 3 is 2.24 bits per heavy atom. The molecule has 0 aliphatic carbocycles. The second kappa shape index (κ2) is 10.3. The average molecular weight is 477 g/mol. The zero-order valence-corrected chi connectivity index (χ0v) is 19.9. The minimum atomic E-state index is -3.63. The molecule has 3 aromatic rings. The molecule has 1 aliphatic rings. The molecule has 1 saturated heterocycles. The smallest absolute Gasteiger partial charge is 0.243 e. The molecule has 4 rings (SSSR count). The van der Waals surface area contributed by atoms with Crippen molar-refractivity contribution in [3.8, 4) is 0 Å². The quantitative estimate of drug-likeness (QED) is 0.479. The van der Waals surface area contributed by atoms with Crippen molar-refractivity contribution < 1.29 is 18.0 Å². The summed E-state index contributed by atoms with van der Waals surface area (Å²) >= 11 is 0. The summed E-state index contributed by atoms with van der Waals surface area (Å²) in [5.41, 5.74) is 2.08. The van der Waals surface area contributed by atoms with Gasteiger partial charge in [-0.1, -0.05) is 61.5 Å². The standard InChI is InChI=1S/C27H28N2O4S/c1-20-13-15-29(16-14-20)34(32,33)25-12-6-9-22(18-25)26(30)19-28-24-11-5-10-23(17-24)27(31)21-7-3-2-4-8-21/h2-12,17-18,20,28H,13-16,19H2,1H3. The number of Topliss-reactive ketones (excluding diaryl/α,β-unsaturated/α-hetero) is 1. The highest BCUT2D eigenvalue weighted by Crippen LogP contribution is 2.24. The van der Waals surface area contributed by atoms with Crippen LogP contribution >= 0.6 is 0 Å². The predicted octanol–water partition coefficient (Wildman–Crippen LogP) is 4.63. The number of ketones is 2. The third kappa shape index (κ3) is 5.43. The van der Waals surface area contributed by atoms with Crippen LogP contribution in [0.15, 0.2) is 83.8 Å². The first-order chi connectivity index (χ1) is 16.3. The molecule has 1 aliphatic heterocycles. The monoisotopic (exact) mass is 476 g/mol. The average Bonchev–Trinajstić information content (AvgIpc) is 2.88. The molecule has 0 radical (unpaired) electrons. The molecule has 34 heavy (non-hydrogen) atoms. The van der Waals surface area contributed by atoms with E-state index in [1.54, 1.807) is 48.5 Å². The van der Waals surface area contributed by atoms with Crippen LogP contribution in [0.1, 0.15) is 46.0 Å². The van der Waals surface area contributed by atoms with Crippen LogP contribution in [-0.2, 0) is 10.0 Å². The number of nitrogens with one attached hydrogen (secondary N) is 1. The lowest BCUT2D eigenvalue weighted by Crippen LogP contribution is -2.37. The van der Waals surface area contributed by atoms with E-state index in [1.807, 2.05) is 18.2 Å². The molecule has 0 unspecified atom stereocenters. The molecular formula is C27H28N2O4S. The molecule has 6 nitrogen and oxygen atoms in total. The molecule has 0 aromatic heterocycles. The third-order valence-corrected chi connectivity index (χ3v) is 8.04. The molecule has 1 fully saturated rings. The first-order valence-corrected chi connectivity index (χ1v) is 12.9. The predicted molar refractivity (Wildman–Crippen MR) is 133 cm³/mol. The van der Waals surface area contributed by atoms with E-state index < -0.39 is 10.0 Å². The lowest BCUT2D eigenvalue weighted by Gasteiger charge is -2.29. The summed E-state index contributed by atoms with van der Waals surface area (Å²) in [6, 6.07) is 22.2. The second-order valence-electron chi connectivity index (χ2n) is 8.67. The van der Waals surface area contributed by atoms with Crippen molar-refractivity contribution in [2.24, 2.45) is 5.92 Å². The molecule has 1 N–H and O–H groups in total. The minimum Gasteiger partial charge on any atom is -0.378 e. The largest absolute Gasteiger partial charge is 0.378 e. The van der Waals surface area contributed by atoms with Gasteiger partial charge in [0.25, 0.3) is 0 Å². The fourth-order valence-corrected chi connectivity index (χ4v) is 5.53. The highest BCUT2D eigenvalue weighted by molar-refractivity contribution is 7.89. The van der Waals surface area contributed by atoms with E-state index in [9.17, 15) is 18.0 Å². The zero-order valence-electron chi connectivity index (χ0n) is 19.1. The number of anilines is 1. The summed E-state index contributed by atoms with van der Waals surface area (Å²) in [6.45, 7) is 3.11. The van der Waals surface area contributed by atoms with Crippen LogP contribution in [0.5, 0.6) is 0 Å². The van der Waals surface area contributed by atoms with Gasteiger partial charge in [-0.2, -0.15) is 4.31 Å². The van der Waals surface area contributed by atoms with Crippen LogP contribution in [0.4, 0.5) is 5.69 Å². The summed E-state index contributed by atoms with van der Waals surface area (Å²) in [6.07, 6.45) is 1.68. The zero-order chi connectivity index (χ0) is 24.1. The Kier molecular flexibility index (Phi) is 7.24. The van der Waals surface area contributed by atoms with Gasteiger partial charge in [0.05, 0.1) is 11.4 Å². The van der Waals surface area contributed by atoms with Crippen LogP contribution in [0, 0.1) is 5.92 Å². The third-order valence-electron chi connectivity index (χ3n) is 6.15. The Morgan fingerprint density at radius 2 is 1.50 bits per heavy atom. The van der Waals surface area contributed by atoms with E-state index >= 15 is 0 Å². The molecule has 7 heteroatoms. The van der Waals surface area contributed by atoms with Crippen molar-refractivity contribution in [1.82, 2.24) is 4.31 Å². The molecule has 1 heterocycles. The number of piperidine rings is 1. The molecule has 0 spiro atoms. The summed E-state index contributed by atoms with van der Waals surface area (Å²) in [5, 5.41) is 3.05. The van der Waals surface area contributed by atoms with Gasteiger partial charge in [0.2, 0.25) is 10.0 Å². The van der Waals surface area contributed by atoms with Gasteiger partial charge in [-0.05, 0) is 43.0 Å². The topological polar surface area (TPSA) is 83.6 Å². The molecule has 3 aromatic carbocycles. The van der Waals surface area contributed by atoms with Crippen LogP contribution in [0.3, 0.4) is 0 Å². The molecule has 0 atom stereocenters. The van der Waals surface area contributed by atoms with E-state index in [4.69, 9.17) is 0 Å². The number of carbonyl (C=O) groups is 2. The number of nitrogens with zero attached hydrogens (tertiary/aromatic N) is 1. The van der Waals surface area contributed by atoms with E-state index in [0.717, 1.165) is 12.8 Å². The Hall–Kier alpha value is -3.29. The normalized spacial score (nSPS) is 15.1. The van der Waals surface area contributed by atoms with Crippen molar-refractivity contribution in [3.05, 3.63) is 95.6 Å². The van der Waals surface area contributed by atoms with Gasteiger partial charge < -0.3 is 5.32 Å². The number of sulfonamides is 1. The Balaban J connectivity index is 1.44. The molecule has 0 saturated carbocycles. The van der Waals surface area contributed by atoms with Crippen molar-refractivity contribution in [3.63, 3.8) is 0 Å². The summed E-state index contributed by atoms with van der Waals surface area (Å²) in [7, 11) is -3.63. The van der Waals surface area contributed by atoms with Crippen LogP contribution in [-0.4, -0.2) is 43.9 Å². The fourth-order valence-electron chi connectivity index (χ4n) is 4.02. The van der Waals surface area contributed by atoms with Crippen LogP contribution in [0.25, 0.3) is 0 Å². The first kappa shape index (κ1) is 23.9. The van der Waals surface area contributed by atoms with Gasteiger partial charge in [0.1, 0.15) is 0 Å². The van der Waals surface area contributed by atoms with Gasteiger partial charge in [0.15, 0.2) is 11.6 Å². The first-order valence-electron chi connectivity index (χ1n) is 11.4. The SMILES string of the molecule is CC1CCN(S(=O)(=O)c2cccc(C(=O)CNc3cccc(C(=O)c4ccccc4)c3)c2)CC1. The number of rotatable bonds is 8. The number of carbonyl (C=O) groups excluding carboxylic acids is 2. The molecule has 176 valence electrons. The van der Waals surface area contributed by atoms with E-state index in [1.165, 1.54) is 16.4 Å². The van der Waals surface area contributed by atoms with Gasteiger partial charge in [-0.25, -0.2) is 8.42 Å². The Labute approximate surface area is 200 Å². The summed E-state index contributed by atoms with van der Waals surface area (Å²) in [4.78, 5) is 25.6. The summed E-state index contributed by atoms with van der Waals surface area (Å²) < 4.78 is 27.6. The van der Waals surface area contributed by atoms with Gasteiger partial charge in [0, 0.05) is 35.5 Å². The molecule has 0 bridgehead atoms. The van der Waals surface area contributed by atoms with E-state index in [-0.39, 0.29) is 23.0 Å². The maximum absolute atomic E-state index is 13.0. The maximum Gasteiger partial charge on any atom is 0.243 e. The highest BCUT2D eigenvalue weighted by atomic mass is 32.2. The minimum absolute atomic E-state index is 0.0201. The Bertz CT molecular complexity index is 1280. The van der Waals surface area contributed by atoms with Gasteiger partial charge >= 0.3 is 0 Å². The molecule has 0 amide bonds. The van der Waals surface area contributed by atoms with Crippen molar-refractivity contribution >= 4 is 27.3 Å². The van der Waals surface area contributed by atoms with Crippen molar-refractivity contribution in [2.75, 3.05) is 25.0 Å². The maximum atomic E-state index is 13.0. The van der Waals surface area contributed by atoms with Crippen LogP contribution < -0.4 is 5.32 Å². The molecular weight excluding hydrogens is 448 g/mol. The number of benzene rings is 3.